The number of nitrogens with zero attached hydrogens (tertiary/aromatic N) is 2. The van der Waals surface area contributed by atoms with Gasteiger partial charge in [-0.3, -0.25) is 0 Å². The Labute approximate surface area is 101 Å². The van der Waals surface area contributed by atoms with E-state index in [-0.39, 0.29) is 5.95 Å². The predicted octanol–water partition coefficient (Wildman–Crippen LogP) is 2.70. The molecule has 0 spiro atoms. The fourth-order valence-corrected chi connectivity index (χ4v) is 2.16. The molecule has 1 aliphatic carbocycles. The van der Waals surface area contributed by atoms with Crippen LogP contribution in [-0.2, 0) is 0 Å². The van der Waals surface area contributed by atoms with Gasteiger partial charge in [-0.25, -0.2) is 4.98 Å². The van der Waals surface area contributed by atoms with E-state index in [1.54, 1.807) is 0 Å². The fourth-order valence-electron chi connectivity index (χ4n) is 2.00. The van der Waals surface area contributed by atoms with Gasteiger partial charge < -0.3 is 11.1 Å². The number of nitrogens with two attached hydrogens (primary N) is 1. The first kappa shape index (κ1) is 11.5. The van der Waals surface area contributed by atoms with Gasteiger partial charge in [0, 0.05) is 6.54 Å². The fraction of sp³-hybridized carbons (Fsp3) is 0.636. The van der Waals surface area contributed by atoms with Crippen molar-refractivity contribution >= 4 is 23.4 Å². The third kappa shape index (κ3) is 2.55. The highest BCUT2D eigenvalue weighted by atomic mass is 35.5. The third-order valence-corrected chi connectivity index (χ3v) is 3.41. The van der Waals surface area contributed by atoms with E-state index in [1.807, 2.05) is 0 Å². The molecule has 4 nitrogen and oxygen atoms in total. The molecule has 0 aliphatic heterocycles. The summed E-state index contributed by atoms with van der Waals surface area (Å²) in [6.07, 6.45) is 6.61. The summed E-state index contributed by atoms with van der Waals surface area (Å²) in [5.74, 6) is 0.906. The van der Waals surface area contributed by atoms with E-state index in [2.05, 4.69) is 22.2 Å². The van der Waals surface area contributed by atoms with E-state index >= 15 is 0 Å². The topological polar surface area (TPSA) is 63.8 Å². The van der Waals surface area contributed by atoms with Crippen LogP contribution in [0.5, 0.6) is 0 Å². The van der Waals surface area contributed by atoms with Crippen molar-refractivity contribution < 1.29 is 0 Å². The van der Waals surface area contributed by atoms with E-state index in [0.717, 1.165) is 6.54 Å². The minimum atomic E-state index is 0.257. The molecule has 0 aromatic carbocycles. The van der Waals surface area contributed by atoms with Crippen LogP contribution in [0.3, 0.4) is 0 Å². The van der Waals surface area contributed by atoms with Crippen LogP contribution < -0.4 is 11.1 Å². The molecule has 0 bridgehead atoms. The van der Waals surface area contributed by atoms with Gasteiger partial charge in [0.2, 0.25) is 5.95 Å². The molecule has 0 unspecified atom stereocenters. The lowest BCUT2D eigenvalue weighted by Crippen LogP contribution is -2.16. The highest BCUT2D eigenvalue weighted by Gasteiger charge is 2.41. The van der Waals surface area contributed by atoms with E-state index in [9.17, 15) is 0 Å². The average Bonchev–Trinajstić information content (AvgIpc) is 3.01. The van der Waals surface area contributed by atoms with Crippen molar-refractivity contribution in [1.82, 2.24) is 9.97 Å². The smallest absolute Gasteiger partial charge is 0.222 e. The van der Waals surface area contributed by atoms with Gasteiger partial charge in [0.25, 0.3) is 0 Å². The average molecular weight is 241 g/mol. The first-order valence-corrected chi connectivity index (χ1v) is 6.05. The van der Waals surface area contributed by atoms with Crippen LogP contribution in [0.2, 0.25) is 5.02 Å². The van der Waals surface area contributed by atoms with E-state index in [1.165, 1.54) is 31.9 Å². The van der Waals surface area contributed by atoms with Crippen molar-refractivity contribution in [2.45, 2.75) is 32.6 Å². The van der Waals surface area contributed by atoms with Gasteiger partial charge in [-0.05, 0) is 24.7 Å². The molecule has 16 heavy (non-hydrogen) atoms. The lowest BCUT2D eigenvalue weighted by atomic mass is 10.0. The van der Waals surface area contributed by atoms with Crippen molar-refractivity contribution in [2.75, 3.05) is 17.6 Å². The van der Waals surface area contributed by atoms with Crippen molar-refractivity contribution in [2.24, 2.45) is 5.41 Å². The molecule has 1 fully saturated rings. The van der Waals surface area contributed by atoms with Crippen LogP contribution in [0.15, 0.2) is 6.20 Å². The molecular formula is C11H17ClN4. The number of anilines is 2. The highest BCUT2D eigenvalue weighted by Crippen LogP contribution is 2.49. The van der Waals surface area contributed by atoms with E-state index in [4.69, 9.17) is 17.3 Å². The van der Waals surface area contributed by atoms with Gasteiger partial charge in [0.1, 0.15) is 10.8 Å². The molecule has 1 aliphatic rings. The Bertz CT molecular complexity index is 376. The lowest BCUT2D eigenvalue weighted by molar-refractivity contribution is 0.485. The van der Waals surface area contributed by atoms with Crippen LogP contribution in [0.1, 0.15) is 32.6 Å². The second-order valence-electron chi connectivity index (χ2n) is 4.53. The summed E-state index contributed by atoms with van der Waals surface area (Å²) < 4.78 is 0. The Morgan fingerprint density at radius 1 is 1.56 bits per heavy atom. The number of halogens is 1. The highest BCUT2D eigenvalue weighted by molar-refractivity contribution is 6.32. The van der Waals surface area contributed by atoms with Crippen LogP contribution >= 0.6 is 11.6 Å². The first-order valence-electron chi connectivity index (χ1n) is 5.67. The molecule has 1 aromatic rings. The van der Waals surface area contributed by atoms with Crippen LogP contribution in [0, 0.1) is 5.41 Å². The monoisotopic (exact) mass is 240 g/mol. The summed E-state index contributed by atoms with van der Waals surface area (Å²) in [6.45, 7) is 3.15. The molecule has 0 saturated heterocycles. The lowest BCUT2D eigenvalue weighted by Gasteiger charge is -2.15. The molecule has 0 atom stereocenters. The van der Waals surface area contributed by atoms with E-state index in [0.29, 0.717) is 16.3 Å². The zero-order valence-corrected chi connectivity index (χ0v) is 10.2. The van der Waals surface area contributed by atoms with Gasteiger partial charge in [0.15, 0.2) is 0 Å². The number of rotatable bonds is 5. The van der Waals surface area contributed by atoms with Crippen molar-refractivity contribution in [3.05, 3.63) is 11.2 Å². The maximum absolute atomic E-state index is 5.98. The van der Waals surface area contributed by atoms with Gasteiger partial charge in [-0.2, -0.15) is 4.98 Å². The standard InChI is InChI=1S/C11H17ClN4/c1-2-3-11(4-5-11)7-15-9-8(12)6-14-10(13)16-9/h6H,2-5,7H2,1H3,(H3,13,14,15,16). The molecular weight excluding hydrogens is 224 g/mol. The van der Waals surface area contributed by atoms with Gasteiger partial charge in [0.05, 0.1) is 6.20 Å². The maximum Gasteiger partial charge on any atom is 0.222 e. The Hall–Kier alpha value is -1.03. The number of hydrogen-bond acceptors (Lipinski definition) is 4. The van der Waals surface area contributed by atoms with E-state index < -0.39 is 0 Å². The molecule has 0 radical (unpaired) electrons. The Morgan fingerprint density at radius 3 is 2.94 bits per heavy atom. The largest absolute Gasteiger partial charge is 0.368 e. The third-order valence-electron chi connectivity index (χ3n) is 3.13. The molecule has 1 heterocycles. The summed E-state index contributed by atoms with van der Waals surface area (Å²) in [5, 5.41) is 3.81. The molecule has 88 valence electrons. The number of nitrogens with one attached hydrogen (secondary N) is 1. The SMILES string of the molecule is CCCC1(CNc2nc(N)ncc2Cl)CC1. The second kappa shape index (κ2) is 4.45. The zero-order valence-electron chi connectivity index (χ0n) is 9.46. The Morgan fingerprint density at radius 2 is 2.31 bits per heavy atom. The predicted molar refractivity (Wildman–Crippen MR) is 66.5 cm³/mol. The molecule has 1 saturated carbocycles. The van der Waals surface area contributed by atoms with Gasteiger partial charge in [-0.1, -0.05) is 24.9 Å². The zero-order chi connectivity index (χ0) is 11.6. The number of nitrogen functional groups attached to an aromatic ring is 1. The van der Waals surface area contributed by atoms with Crippen LogP contribution in [0.25, 0.3) is 0 Å². The van der Waals surface area contributed by atoms with Crippen molar-refractivity contribution in [3.8, 4) is 0 Å². The quantitative estimate of drug-likeness (QED) is 0.831. The summed E-state index contributed by atoms with van der Waals surface area (Å²) in [7, 11) is 0. The van der Waals surface area contributed by atoms with Crippen molar-refractivity contribution in [1.29, 1.82) is 0 Å². The summed E-state index contributed by atoms with van der Waals surface area (Å²) in [5.41, 5.74) is 5.99. The minimum absolute atomic E-state index is 0.257. The minimum Gasteiger partial charge on any atom is -0.368 e. The van der Waals surface area contributed by atoms with Crippen LogP contribution in [0.4, 0.5) is 11.8 Å². The summed E-state index contributed by atoms with van der Waals surface area (Å²) in [4.78, 5) is 7.92. The summed E-state index contributed by atoms with van der Waals surface area (Å²) >= 11 is 5.98. The molecule has 2 rings (SSSR count). The van der Waals surface area contributed by atoms with Gasteiger partial charge in [-0.15, -0.1) is 0 Å². The first-order chi connectivity index (χ1) is 7.65. The normalized spacial score (nSPS) is 17.1. The van der Waals surface area contributed by atoms with Crippen LogP contribution in [-0.4, -0.2) is 16.5 Å². The Balaban J connectivity index is 1.97. The Kier molecular flexibility index (Phi) is 3.19. The van der Waals surface area contributed by atoms with Crippen molar-refractivity contribution in [3.63, 3.8) is 0 Å². The second-order valence-corrected chi connectivity index (χ2v) is 4.94. The molecule has 3 N–H and O–H groups in total. The van der Waals surface area contributed by atoms with Gasteiger partial charge >= 0.3 is 0 Å². The molecule has 0 amide bonds. The molecule has 1 aromatic heterocycles. The summed E-state index contributed by atoms with van der Waals surface area (Å²) in [6, 6.07) is 0. The maximum atomic E-state index is 5.98. The molecule has 5 heteroatoms. The number of aromatic nitrogens is 2. The number of hydrogen-bond donors (Lipinski definition) is 2.